The predicted molar refractivity (Wildman–Crippen MR) is 91.1 cm³/mol. The van der Waals surface area contributed by atoms with Crippen LogP contribution in [-0.2, 0) is 6.54 Å². The maximum Gasteiger partial charge on any atom is 0.251 e. The van der Waals surface area contributed by atoms with E-state index in [1.54, 1.807) is 35.9 Å². The highest BCUT2D eigenvalue weighted by Gasteiger charge is 2.08. The molecule has 0 radical (unpaired) electrons. The Morgan fingerprint density at radius 1 is 1.09 bits per heavy atom. The molecule has 0 aliphatic rings. The van der Waals surface area contributed by atoms with E-state index in [-0.39, 0.29) is 5.56 Å². The third-order valence-electron chi connectivity index (χ3n) is 3.63. The molecule has 3 aromatic rings. The number of nitrogens with zero attached hydrogens (tertiary/aromatic N) is 1. The van der Waals surface area contributed by atoms with Crippen LogP contribution in [0.1, 0.15) is 0 Å². The molecule has 5 heteroatoms. The van der Waals surface area contributed by atoms with Gasteiger partial charge in [0, 0.05) is 23.2 Å². The number of aromatic nitrogens is 1. The summed E-state index contributed by atoms with van der Waals surface area (Å²) in [4.78, 5) is 12.2. The van der Waals surface area contributed by atoms with Crippen LogP contribution in [0.3, 0.4) is 0 Å². The first-order valence-electron chi connectivity index (χ1n) is 7.34. The minimum atomic E-state index is -0.0850. The zero-order chi connectivity index (χ0) is 16.2. The SMILES string of the molecule is COc1cccc2ccc(=O)n(CCOc3cccc(N)c3)c12. The number of fused-ring (bicyclic) bond motifs is 1. The molecule has 0 aliphatic carbocycles. The summed E-state index contributed by atoms with van der Waals surface area (Å²) < 4.78 is 12.7. The van der Waals surface area contributed by atoms with Crippen LogP contribution in [-0.4, -0.2) is 18.3 Å². The van der Waals surface area contributed by atoms with Crippen LogP contribution in [0, 0.1) is 0 Å². The molecule has 3 rings (SSSR count). The third-order valence-corrected chi connectivity index (χ3v) is 3.63. The van der Waals surface area contributed by atoms with Crippen molar-refractivity contribution in [2.45, 2.75) is 6.54 Å². The van der Waals surface area contributed by atoms with Gasteiger partial charge in [0.15, 0.2) is 0 Å². The number of rotatable bonds is 5. The minimum absolute atomic E-state index is 0.0850. The van der Waals surface area contributed by atoms with Gasteiger partial charge in [-0.05, 0) is 24.3 Å². The number of para-hydroxylation sites is 1. The summed E-state index contributed by atoms with van der Waals surface area (Å²) in [5, 5.41) is 0.952. The number of nitrogens with two attached hydrogens (primary N) is 1. The first kappa shape index (κ1) is 15.0. The third kappa shape index (κ3) is 3.13. The number of hydrogen-bond donors (Lipinski definition) is 1. The summed E-state index contributed by atoms with van der Waals surface area (Å²) in [5.74, 6) is 1.36. The van der Waals surface area contributed by atoms with Gasteiger partial charge in [-0.3, -0.25) is 4.79 Å². The molecule has 2 N–H and O–H groups in total. The lowest BCUT2D eigenvalue weighted by Crippen LogP contribution is -2.23. The summed E-state index contributed by atoms with van der Waals surface area (Å²) in [7, 11) is 1.60. The van der Waals surface area contributed by atoms with Crippen LogP contribution in [0.4, 0.5) is 5.69 Å². The van der Waals surface area contributed by atoms with Gasteiger partial charge in [0.05, 0.1) is 19.2 Å². The van der Waals surface area contributed by atoms with Crippen molar-refractivity contribution in [1.29, 1.82) is 0 Å². The van der Waals surface area contributed by atoms with Gasteiger partial charge in [0.25, 0.3) is 5.56 Å². The first-order valence-corrected chi connectivity index (χ1v) is 7.34. The average Bonchev–Trinajstić information content (AvgIpc) is 2.56. The summed E-state index contributed by atoms with van der Waals surface area (Å²) in [5.41, 5.74) is 7.06. The molecule has 2 aromatic carbocycles. The summed E-state index contributed by atoms with van der Waals surface area (Å²) >= 11 is 0. The van der Waals surface area contributed by atoms with Crippen LogP contribution in [0.5, 0.6) is 11.5 Å². The van der Waals surface area contributed by atoms with Gasteiger partial charge in [-0.25, -0.2) is 0 Å². The number of hydrogen-bond acceptors (Lipinski definition) is 4. The van der Waals surface area contributed by atoms with E-state index < -0.39 is 0 Å². The second-order valence-electron chi connectivity index (χ2n) is 5.14. The second kappa shape index (κ2) is 6.44. The van der Waals surface area contributed by atoms with Crippen LogP contribution in [0.15, 0.2) is 59.4 Å². The van der Waals surface area contributed by atoms with Crippen molar-refractivity contribution >= 4 is 16.6 Å². The Kier molecular flexibility index (Phi) is 4.19. The van der Waals surface area contributed by atoms with Crippen LogP contribution in [0.25, 0.3) is 10.9 Å². The van der Waals surface area contributed by atoms with E-state index >= 15 is 0 Å². The largest absolute Gasteiger partial charge is 0.495 e. The number of benzene rings is 2. The molecule has 0 saturated heterocycles. The molecule has 118 valence electrons. The fourth-order valence-electron chi connectivity index (χ4n) is 2.57. The van der Waals surface area contributed by atoms with Gasteiger partial charge in [-0.1, -0.05) is 18.2 Å². The standard InChI is InChI=1S/C18H18N2O3/c1-22-16-7-2-4-13-8-9-17(21)20(18(13)16)10-11-23-15-6-3-5-14(19)12-15/h2-9,12H,10-11,19H2,1H3. The molecule has 0 spiro atoms. The molecule has 1 aromatic heterocycles. The van der Waals surface area contributed by atoms with E-state index in [0.717, 1.165) is 10.9 Å². The normalized spacial score (nSPS) is 10.7. The van der Waals surface area contributed by atoms with Crippen LogP contribution >= 0.6 is 0 Å². The monoisotopic (exact) mass is 310 g/mol. The maximum absolute atomic E-state index is 12.2. The molecule has 23 heavy (non-hydrogen) atoms. The summed E-state index contributed by atoms with van der Waals surface area (Å²) in [6.45, 7) is 0.784. The molecule has 0 aliphatic heterocycles. The van der Waals surface area contributed by atoms with Crippen molar-refractivity contribution < 1.29 is 9.47 Å². The zero-order valence-corrected chi connectivity index (χ0v) is 12.9. The fourth-order valence-corrected chi connectivity index (χ4v) is 2.57. The molecular formula is C18H18N2O3. The molecular weight excluding hydrogens is 292 g/mol. The highest BCUT2D eigenvalue weighted by Crippen LogP contribution is 2.24. The number of ether oxygens (including phenoxy) is 2. The van der Waals surface area contributed by atoms with E-state index in [1.165, 1.54) is 0 Å². The van der Waals surface area contributed by atoms with Gasteiger partial charge in [0.1, 0.15) is 18.1 Å². The molecule has 0 fully saturated rings. The Morgan fingerprint density at radius 2 is 1.91 bits per heavy atom. The lowest BCUT2D eigenvalue weighted by molar-refractivity contribution is 0.298. The van der Waals surface area contributed by atoms with Crippen molar-refractivity contribution in [3.63, 3.8) is 0 Å². The van der Waals surface area contributed by atoms with E-state index in [9.17, 15) is 4.79 Å². The Bertz CT molecular complexity index is 887. The zero-order valence-electron chi connectivity index (χ0n) is 12.9. The highest BCUT2D eigenvalue weighted by molar-refractivity contribution is 5.84. The Hall–Kier alpha value is -2.95. The maximum atomic E-state index is 12.2. The van der Waals surface area contributed by atoms with Crippen LogP contribution < -0.4 is 20.8 Å². The molecule has 5 nitrogen and oxygen atoms in total. The minimum Gasteiger partial charge on any atom is -0.495 e. The molecule has 0 amide bonds. The number of methoxy groups -OCH3 is 1. The molecule has 1 heterocycles. The first-order chi connectivity index (χ1) is 11.2. The Morgan fingerprint density at radius 3 is 2.70 bits per heavy atom. The average molecular weight is 310 g/mol. The quantitative estimate of drug-likeness (QED) is 0.736. The topological polar surface area (TPSA) is 66.5 Å². The van der Waals surface area contributed by atoms with Crippen LogP contribution in [0.2, 0.25) is 0 Å². The molecule has 0 atom stereocenters. The van der Waals surface area contributed by atoms with E-state index in [0.29, 0.717) is 30.3 Å². The molecule has 0 saturated carbocycles. The second-order valence-corrected chi connectivity index (χ2v) is 5.14. The molecule has 0 bridgehead atoms. The van der Waals surface area contributed by atoms with Gasteiger partial charge in [-0.2, -0.15) is 0 Å². The lowest BCUT2D eigenvalue weighted by Gasteiger charge is -2.14. The van der Waals surface area contributed by atoms with Gasteiger partial charge >= 0.3 is 0 Å². The van der Waals surface area contributed by atoms with E-state index in [1.807, 2.05) is 30.3 Å². The van der Waals surface area contributed by atoms with Crippen molar-refractivity contribution in [2.75, 3.05) is 19.5 Å². The van der Waals surface area contributed by atoms with Gasteiger partial charge in [-0.15, -0.1) is 0 Å². The van der Waals surface area contributed by atoms with Crippen molar-refractivity contribution in [2.24, 2.45) is 0 Å². The number of nitrogen functional groups attached to an aromatic ring is 1. The fraction of sp³-hybridized carbons (Fsp3) is 0.167. The predicted octanol–water partition coefficient (Wildman–Crippen LogP) is 2.67. The Labute approximate surface area is 133 Å². The van der Waals surface area contributed by atoms with Crippen molar-refractivity contribution in [1.82, 2.24) is 4.57 Å². The number of anilines is 1. The smallest absolute Gasteiger partial charge is 0.251 e. The lowest BCUT2D eigenvalue weighted by atomic mass is 10.2. The number of pyridine rings is 1. The molecule has 0 unspecified atom stereocenters. The van der Waals surface area contributed by atoms with Gasteiger partial charge < -0.3 is 19.8 Å². The van der Waals surface area contributed by atoms with Crippen molar-refractivity contribution in [3.8, 4) is 11.5 Å². The Balaban J connectivity index is 1.87. The van der Waals surface area contributed by atoms with Gasteiger partial charge in [0.2, 0.25) is 0 Å². The highest BCUT2D eigenvalue weighted by atomic mass is 16.5. The summed E-state index contributed by atoms with van der Waals surface area (Å²) in [6.07, 6.45) is 0. The van der Waals surface area contributed by atoms with E-state index in [2.05, 4.69) is 0 Å². The summed E-state index contributed by atoms with van der Waals surface area (Å²) in [6, 6.07) is 16.3. The van der Waals surface area contributed by atoms with Crippen molar-refractivity contribution in [3.05, 3.63) is 65.0 Å². The van der Waals surface area contributed by atoms with E-state index in [4.69, 9.17) is 15.2 Å².